The highest BCUT2D eigenvalue weighted by Crippen LogP contribution is 2.08. The van der Waals surface area contributed by atoms with E-state index in [0.29, 0.717) is 12.6 Å². The van der Waals surface area contributed by atoms with Crippen LogP contribution >= 0.6 is 0 Å². The Morgan fingerprint density at radius 1 is 1.35 bits per heavy atom. The van der Waals surface area contributed by atoms with Crippen LogP contribution in [-0.4, -0.2) is 34.7 Å². The molecule has 0 saturated carbocycles. The van der Waals surface area contributed by atoms with Crippen LogP contribution in [0.5, 0.6) is 0 Å². The van der Waals surface area contributed by atoms with Crippen molar-refractivity contribution in [2.24, 2.45) is 0 Å². The number of hydrogen-bond acceptors (Lipinski definition) is 3. The molecule has 2 N–H and O–H groups in total. The fraction of sp³-hybridized carbons (Fsp3) is 0.500. The summed E-state index contributed by atoms with van der Waals surface area (Å²) in [7, 11) is -1.76. The van der Waals surface area contributed by atoms with E-state index in [9.17, 15) is 4.39 Å². The predicted octanol–water partition coefficient (Wildman–Crippen LogP) is 0.736. The van der Waals surface area contributed by atoms with E-state index in [1.165, 1.54) is 12.1 Å². The summed E-state index contributed by atoms with van der Waals surface area (Å²) >= 11 is 0. The Kier molecular flexibility index (Phi) is 5.12. The number of halogens is 1. The van der Waals surface area contributed by atoms with Gasteiger partial charge in [0.1, 0.15) is 5.82 Å². The number of benzene rings is 1. The van der Waals surface area contributed by atoms with E-state index >= 15 is 0 Å². The van der Waals surface area contributed by atoms with E-state index < -0.39 is 12.9 Å². The average Bonchev–Trinajstić information content (AvgIpc) is 2.27. The molecule has 0 aliphatic rings. The van der Waals surface area contributed by atoms with E-state index in [1.54, 1.807) is 6.07 Å². The molecule has 94 valence electrons. The monoisotopic (exact) mass is 239 g/mol. The van der Waals surface area contributed by atoms with Crippen LogP contribution in [0.1, 0.15) is 26.3 Å². The zero-order valence-corrected chi connectivity index (χ0v) is 10.5. The average molecular weight is 239 g/mol. The summed E-state index contributed by atoms with van der Waals surface area (Å²) in [5.74, 6) is -0.587. The summed E-state index contributed by atoms with van der Waals surface area (Å²) in [6.07, 6.45) is 0. The van der Waals surface area contributed by atoms with Gasteiger partial charge in [-0.1, -0.05) is 19.1 Å². The molecule has 1 rings (SSSR count). The van der Waals surface area contributed by atoms with Gasteiger partial charge in [0.25, 0.3) is 0 Å². The lowest BCUT2D eigenvalue weighted by molar-refractivity contribution is 0.225. The van der Waals surface area contributed by atoms with E-state index in [4.69, 9.17) is 10.0 Å². The van der Waals surface area contributed by atoms with Gasteiger partial charge in [0.15, 0.2) is 0 Å². The van der Waals surface area contributed by atoms with Crippen molar-refractivity contribution >= 4 is 12.6 Å². The molecule has 0 saturated heterocycles. The lowest BCUT2D eigenvalue weighted by Gasteiger charge is -2.25. The molecule has 3 nitrogen and oxygen atoms in total. The molecule has 0 fully saturated rings. The predicted molar refractivity (Wildman–Crippen MR) is 67.4 cm³/mol. The Balaban J connectivity index is 2.88. The maximum Gasteiger partial charge on any atom is 0.491 e. The SMILES string of the molecule is CCN(Cc1ccc(F)c(B(O)O)c1)C(C)C. The smallest absolute Gasteiger partial charge is 0.423 e. The third-order valence-electron chi connectivity index (χ3n) is 2.86. The van der Waals surface area contributed by atoms with Crippen LogP contribution in [0.3, 0.4) is 0 Å². The maximum absolute atomic E-state index is 13.3. The van der Waals surface area contributed by atoms with E-state index in [1.807, 2.05) is 0 Å². The number of hydrogen-bond donors (Lipinski definition) is 2. The second-order valence-electron chi connectivity index (χ2n) is 4.39. The fourth-order valence-corrected chi connectivity index (χ4v) is 1.78. The summed E-state index contributed by atoms with van der Waals surface area (Å²) < 4.78 is 13.3. The standard InChI is InChI=1S/C12H19BFNO2/c1-4-15(9(2)3)8-10-5-6-12(14)11(7-10)13(16)17/h5-7,9,16-17H,4,8H2,1-3H3. The van der Waals surface area contributed by atoms with Gasteiger partial charge in [0, 0.05) is 18.0 Å². The van der Waals surface area contributed by atoms with E-state index in [2.05, 4.69) is 25.7 Å². The van der Waals surface area contributed by atoms with E-state index in [0.717, 1.165) is 12.1 Å². The van der Waals surface area contributed by atoms with Gasteiger partial charge in [-0.25, -0.2) is 4.39 Å². The summed E-state index contributed by atoms with van der Waals surface area (Å²) in [5, 5.41) is 18.1. The van der Waals surface area contributed by atoms with Gasteiger partial charge in [-0.05, 0) is 32.0 Å². The van der Waals surface area contributed by atoms with Gasteiger partial charge >= 0.3 is 7.12 Å². The highest BCUT2D eigenvalue weighted by molar-refractivity contribution is 6.58. The van der Waals surface area contributed by atoms with Crippen LogP contribution < -0.4 is 5.46 Å². The fourth-order valence-electron chi connectivity index (χ4n) is 1.78. The van der Waals surface area contributed by atoms with Gasteiger partial charge in [-0.2, -0.15) is 0 Å². The topological polar surface area (TPSA) is 43.7 Å². The van der Waals surface area contributed by atoms with Crippen LogP contribution in [-0.2, 0) is 6.54 Å². The largest absolute Gasteiger partial charge is 0.491 e. The second kappa shape index (κ2) is 6.14. The molecule has 0 radical (unpaired) electrons. The Morgan fingerprint density at radius 2 is 2.00 bits per heavy atom. The maximum atomic E-state index is 13.3. The second-order valence-corrected chi connectivity index (χ2v) is 4.39. The molecule has 17 heavy (non-hydrogen) atoms. The molecule has 0 aliphatic heterocycles. The Hall–Kier alpha value is -0.905. The van der Waals surface area contributed by atoms with Crippen molar-refractivity contribution in [2.75, 3.05) is 6.54 Å². The number of rotatable bonds is 5. The van der Waals surface area contributed by atoms with Crippen molar-refractivity contribution < 1.29 is 14.4 Å². The Bertz CT molecular complexity index is 372. The molecule has 0 bridgehead atoms. The van der Waals surface area contributed by atoms with Crippen molar-refractivity contribution in [3.8, 4) is 0 Å². The lowest BCUT2D eigenvalue weighted by Crippen LogP contribution is -2.34. The van der Waals surface area contributed by atoms with Crippen molar-refractivity contribution in [2.45, 2.75) is 33.4 Å². The van der Waals surface area contributed by atoms with Gasteiger partial charge in [-0.3, -0.25) is 4.90 Å². The zero-order chi connectivity index (χ0) is 13.0. The highest BCUT2D eigenvalue weighted by Gasteiger charge is 2.17. The molecule has 1 aromatic rings. The van der Waals surface area contributed by atoms with Crippen LogP contribution in [0.2, 0.25) is 0 Å². The Labute approximate surface area is 102 Å². The molecular weight excluding hydrogens is 220 g/mol. The van der Waals surface area contributed by atoms with Crippen LogP contribution in [0.4, 0.5) is 4.39 Å². The number of nitrogens with zero attached hydrogens (tertiary/aromatic N) is 1. The summed E-state index contributed by atoms with van der Waals surface area (Å²) in [5.41, 5.74) is 0.812. The molecule has 0 aromatic heterocycles. The van der Waals surface area contributed by atoms with Crippen molar-refractivity contribution in [3.05, 3.63) is 29.6 Å². The van der Waals surface area contributed by atoms with Gasteiger partial charge in [0.05, 0.1) is 0 Å². The normalized spacial score (nSPS) is 11.3. The lowest BCUT2D eigenvalue weighted by atomic mass is 9.79. The van der Waals surface area contributed by atoms with Crippen molar-refractivity contribution in [3.63, 3.8) is 0 Å². The van der Waals surface area contributed by atoms with Crippen LogP contribution in [0.15, 0.2) is 18.2 Å². The molecule has 5 heteroatoms. The minimum absolute atomic E-state index is 0.0673. The third-order valence-corrected chi connectivity index (χ3v) is 2.86. The van der Waals surface area contributed by atoms with Crippen LogP contribution in [0.25, 0.3) is 0 Å². The third kappa shape index (κ3) is 3.80. The summed E-state index contributed by atoms with van der Waals surface area (Å²) in [6, 6.07) is 4.85. The molecule has 0 aliphatic carbocycles. The summed E-state index contributed by atoms with van der Waals surface area (Å²) in [4.78, 5) is 2.21. The Morgan fingerprint density at radius 3 is 2.47 bits per heavy atom. The highest BCUT2D eigenvalue weighted by atomic mass is 19.1. The molecule has 0 spiro atoms. The molecular formula is C12H19BFNO2. The van der Waals surface area contributed by atoms with Gasteiger partial charge < -0.3 is 10.0 Å². The first-order chi connectivity index (χ1) is 7.95. The van der Waals surface area contributed by atoms with Crippen LogP contribution in [0, 0.1) is 5.82 Å². The molecule has 1 aromatic carbocycles. The van der Waals surface area contributed by atoms with Crippen molar-refractivity contribution in [1.82, 2.24) is 4.90 Å². The summed E-state index contributed by atoms with van der Waals surface area (Å²) in [6.45, 7) is 7.81. The minimum Gasteiger partial charge on any atom is -0.423 e. The van der Waals surface area contributed by atoms with Gasteiger partial charge in [-0.15, -0.1) is 0 Å². The van der Waals surface area contributed by atoms with Crippen molar-refractivity contribution in [1.29, 1.82) is 0 Å². The zero-order valence-electron chi connectivity index (χ0n) is 10.5. The van der Waals surface area contributed by atoms with E-state index in [-0.39, 0.29) is 5.46 Å². The first-order valence-electron chi connectivity index (χ1n) is 5.84. The molecule has 0 unspecified atom stereocenters. The first-order valence-corrected chi connectivity index (χ1v) is 5.84. The van der Waals surface area contributed by atoms with Gasteiger partial charge in [0.2, 0.25) is 0 Å². The molecule has 0 atom stereocenters. The first kappa shape index (κ1) is 14.2. The quantitative estimate of drug-likeness (QED) is 0.744. The molecule has 0 amide bonds. The molecule has 0 heterocycles. The minimum atomic E-state index is -1.76.